The monoisotopic (exact) mass is 305 g/mol. The molecular weight excluding hydrogens is 290 g/mol. The second kappa shape index (κ2) is 5.40. The Labute approximate surface area is 116 Å². The van der Waals surface area contributed by atoms with Gasteiger partial charge in [0.05, 0.1) is 11.7 Å². The molecule has 0 aliphatic rings. The molecule has 18 heavy (non-hydrogen) atoms. The summed E-state index contributed by atoms with van der Waals surface area (Å²) in [6.07, 6.45) is 1.71. The molecule has 0 saturated heterocycles. The second-order valence-corrected chi connectivity index (χ2v) is 5.17. The number of aromatic nitrogens is 1. The molecule has 0 aliphatic heterocycles. The van der Waals surface area contributed by atoms with Gasteiger partial charge in [-0.15, -0.1) is 0 Å². The summed E-state index contributed by atoms with van der Waals surface area (Å²) < 4.78 is 0.929. The number of anilines is 2. The Morgan fingerprint density at radius 2 is 1.94 bits per heavy atom. The molecule has 1 aromatic carbocycles. The zero-order valence-electron chi connectivity index (χ0n) is 10.5. The summed E-state index contributed by atoms with van der Waals surface area (Å²) in [6.45, 7) is 2.15. The number of hydrogen-bond acceptors (Lipinski definition) is 3. The first kappa shape index (κ1) is 12.9. The van der Waals surface area contributed by atoms with Gasteiger partial charge >= 0.3 is 0 Å². The van der Waals surface area contributed by atoms with Crippen LogP contribution in [0.25, 0.3) is 0 Å². The number of nitrogen functional groups attached to an aromatic ring is 1. The third kappa shape index (κ3) is 2.64. The average molecular weight is 306 g/mol. The number of nitrogens with zero attached hydrogens (tertiary/aromatic N) is 2. The first-order valence-corrected chi connectivity index (χ1v) is 6.57. The fourth-order valence-corrected chi connectivity index (χ4v) is 2.20. The zero-order chi connectivity index (χ0) is 13.1. The molecule has 2 aromatic rings. The molecule has 2 rings (SSSR count). The zero-order valence-corrected chi connectivity index (χ0v) is 12.1. The van der Waals surface area contributed by atoms with Crippen molar-refractivity contribution in [3.63, 3.8) is 0 Å². The van der Waals surface area contributed by atoms with E-state index in [1.807, 2.05) is 31.3 Å². The van der Waals surface area contributed by atoms with Crippen LogP contribution in [-0.4, -0.2) is 12.0 Å². The topological polar surface area (TPSA) is 42.2 Å². The third-order valence-corrected chi connectivity index (χ3v) is 3.54. The van der Waals surface area contributed by atoms with E-state index in [0.29, 0.717) is 5.82 Å². The van der Waals surface area contributed by atoms with Crippen molar-refractivity contribution in [3.05, 3.63) is 52.6 Å². The van der Waals surface area contributed by atoms with Crippen LogP contribution in [0.5, 0.6) is 0 Å². The van der Waals surface area contributed by atoms with E-state index >= 15 is 0 Å². The van der Waals surface area contributed by atoms with Gasteiger partial charge < -0.3 is 10.6 Å². The third-order valence-electron chi connectivity index (χ3n) is 3.11. The van der Waals surface area contributed by atoms with E-state index in [0.717, 1.165) is 10.2 Å². The van der Waals surface area contributed by atoms with Gasteiger partial charge in [-0.05, 0) is 34.5 Å². The van der Waals surface area contributed by atoms with E-state index in [1.165, 1.54) is 5.56 Å². The van der Waals surface area contributed by atoms with Gasteiger partial charge in [-0.2, -0.15) is 0 Å². The molecule has 0 spiro atoms. The summed E-state index contributed by atoms with van der Waals surface area (Å²) in [5, 5.41) is 0. The molecular formula is C14H16BrN3. The van der Waals surface area contributed by atoms with Gasteiger partial charge in [-0.1, -0.05) is 30.3 Å². The molecule has 0 radical (unpaired) electrons. The van der Waals surface area contributed by atoms with Crippen molar-refractivity contribution in [2.45, 2.75) is 13.0 Å². The molecule has 0 bridgehead atoms. The minimum absolute atomic E-state index is 0.240. The van der Waals surface area contributed by atoms with Crippen molar-refractivity contribution in [1.29, 1.82) is 0 Å². The normalized spacial score (nSPS) is 12.2. The maximum absolute atomic E-state index is 5.93. The molecule has 1 aromatic heterocycles. The molecule has 4 heteroatoms. The molecule has 1 atom stereocenters. The Hall–Kier alpha value is -1.55. The van der Waals surface area contributed by atoms with Crippen LogP contribution in [-0.2, 0) is 0 Å². The average Bonchev–Trinajstić information content (AvgIpc) is 2.41. The Bertz CT molecular complexity index is 528. The van der Waals surface area contributed by atoms with Gasteiger partial charge in [0.1, 0.15) is 5.82 Å². The van der Waals surface area contributed by atoms with Crippen LogP contribution >= 0.6 is 15.9 Å². The summed E-state index contributed by atoms with van der Waals surface area (Å²) in [5.41, 5.74) is 8.11. The van der Waals surface area contributed by atoms with Crippen LogP contribution in [0.2, 0.25) is 0 Å². The SMILES string of the molecule is C[C@H](c1ccccc1)N(C)c1cc(Br)cnc1N. The predicted octanol–water partition coefficient (Wildman–Crippen LogP) is 3.62. The Balaban J connectivity index is 2.31. The Morgan fingerprint density at radius 1 is 1.28 bits per heavy atom. The maximum Gasteiger partial charge on any atom is 0.147 e. The van der Waals surface area contributed by atoms with Crippen LogP contribution in [0.1, 0.15) is 18.5 Å². The summed E-state index contributed by atoms with van der Waals surface area (Å²) in [4.78, 5) is 6.29. The highest BCUT2D eigenvalue weighted by Gasteiger charge is 2.15. The van der Waals surface area contributed by atoms with Crippen molar-refractivity contribution < 1.29 is 0 Å². The van der Waals surface area contributed by atoms with Gasteiger partial charge in [0, 0.05) is 17.7 Å². The molecule has 1 heterocycles. The van der Waals surface area contributed by atoms with Crippen molar-refractivity contribution in [1.82, 2.24) is 4.98 Å². The van der Waals surface area contributed by atoms with Gasteiger partial charge in [-0.3, -0.25) is 0 Å². The largest absolute Gasteiger partial charge is 0.382 e. The predicted molar refractivity (Wildman–Crippen MR) is 79.6 cm³/mol. The molecule has 3 nitrogen and oxygen atoms in total. The van der Waals surface area contributed by atoms with E-state index in [2.05, 4.69) is 44.9 Å². The quantitative estimate of drug-likeness (QED) is 0.941. The van der Waals surface area contributed by atoms with Gasteiger partial charge in [0.2, 0.25) is 0 Å². The standard InChI is InChI=1S/C14H16BrN3/c1-10(11-6-4-3-5-7-11)18(2)13-8-12(15)9-17-14(13)16/h3-10H,1-2H3,(H2,16,17)/t10-/m1/s1. The molecule has 2 N–H and O–H groups in total. The first-order chi connectivity index (χ1) is 8.59. The first-order valence-electron chi connectivity index (χ1n) is 5.78. The minimum Gasteiger partial charge on any atom is -0.382 e. The summed E-state index contributed by atoms with van der Waals surface area (Å²) in [5.74, 6) is 0.545. The molecule has 94 valence electrons. The highest BCUT2D eigenvalue weighted by atomic mass is 79.9. The molecule has 0 amide bonds. The molecule has 0 aliphatic carbocycles. The second-order valence-electron chi connectivity index (χ2n) is 4.26. The van der Waals surface area contributed by atoms with E-state index in [1.54, 1.807) is 6.20 Å². The fourth-order valence-electron chi connectivity index (χ4n) is 1.89. The molecule has 0 fully saturated rings. The summed E-state index contributed by atoms with van der Waals surface area (Å²) in [6, 6.07) is 12.6. The molecule has 0 saturated carbocycles. The number of pyridine rings is 1. The number of benzene rings is 1. The van der Waals surface area contributed by atoms with Crippen LogP contribution < -0.4 is 10.6 Å². The Kier molecular flexibility index (Phi) is 3.87. The van der Waals surface area contributed by atoms with Gasteiger partial charge in [0.15, 0.2) is 0 Å². The summed E-state index contributed by atoms with van der Waals surface area (Å²) >= 11 is 3.43. The lowest BCUT2D eigenvalue weighted by Crippen LogP contribution is -2.23. The number of nitrogens with two attached hydrogens (primary N) is 1. The summed E-state index contributed by atoms with van der Waals surface area (Å²) in [7, 11) is 2.03. The number of hydrogen-bond donors (Lipinski definition) is 1. The van der Waals surface area contributed by atoms with Gasteiger partial charge in [-0.25, -0.2) is 4.98 Å². The van der Waals surface area contributed by atoms with E-state index in [9.17, 15) is 0 Å². The molecule has 0 unspecified atom stereocenters. The minimum atomic E-state index is 0.240. The van der Waals surface area contributed by atoms with E-state index in [-0.39, 0.29) is 6.04 Å². The highest BCUT2D eigenvalue weighted by Crippen LogP contribution is 2.30. The highest BCUT2D eigenvalue weighted by molar-refractivity contribution is 9.10. The van der Waals surface area contributed by atoms with Crippen molar-refractivity contribution >= 4 is 27.4 Å². The van der Waals surface area contributed by atoms with Crippen molar-refractivity contribution in [2.24, 2.45) is 0 Å². The lowest BCUT2D eigenvalue weighted by molar-refractivity contribution is 0.739. The van der Waals surface area contributed by atoms with Crippen molar-refractivity contribution in [3.8, 4) is 0 Å². The van der Waals surface area contributed by atoms with Crippen LogP contribution in [0, 0.1) is 0 Å². The van der Waals surface area contributed by atoms with E-state index in [4.69, 9.17) is 5.73 Å². The van der Waals surface area contributed by atoms with Crippen LogP contribution in [0.15, 0.2) is 47.1 Å². The fraction of sp³-hybridized carbons (Fsp3) is 0.214. The maximum atomic E-state index is 5.93. The van der Waals surface area contributed by atoms with E-state index < -0.39 is 0 Å². The lowest BCUT2D eigenvalue weighted by atomic mass is 10.1. The van der Waals surface area contributed by atoms with Crippen molar-refractivity contribution in [2.75, 3.05) is 17.7 Å². The van der Waals surface area contributed by atoms with Crippen LogP contribution in [0.3, 0.4) is 0 Å². The van der Waals surface area contributed by atoms with Crippen LogP contribution in [0.4, 0.5) is 11.5 Å². The number of rotatable bonds is 3. The van der Waals surface area contributed by atoms with Gasteiger partial charge in [0.25, 0.3) is 0 Å². The Morgan fingerprint density at radius 3 is 2.61 bits per heavy atom. The number of halogens is 1. The smallest absolute Gasteiger partial charge is 0.147 e. The lowest BCUT2D eigenvalue weighted by Gasteiger charge is -2.28.